The molecule has 1 aromatic rings. The summed E-state index contributed by atoms with van der Waals surface area (Å²) < 4.78 is 71.5. The van der Waals surface area contributed by atoms with Gasteiger partial charge in [-0.2, -0.15) is 0 Å². The first-order valence-corrected chi connectivity index (χ1v) is 10.6. The zero-order valence-electron chi connectivity index (χ0n) is 14.1. The maximum atomic E-state index is 14.3. The number of fused-ring (bicyclic) bond motifs is 1. The molecule has 1 amide bonds. The molecule has 5 nitrogen and oxygen atoms in total. The molecule has 3 aliphatic rings. The Labute approximate surface area is 159 Å². The first kappa shape index (κ1) is 18.9. The van der Waals surface area contributed by atoms with Gasteiger partial charge in [-0.3, -0.25) is 4.79 Å². The lowest BCUT2D eigenvalue weighted by molar-refractivity contribution is 0.0580. The number of ether oxygens (including phenoxy) is 1. The van der Waals surface area contributed by atoms with E-state index in [1.165, 1.54) is 0 Å². The summed E-state index contributed by atoms with van der Waals surface area (Å²) in [6.45, 7) is 0.129. The SMILES string of the molecule is O=C(NS(=O)(=O)C1CC1)c1cc(Cl)c(OCC2C[C@@H]3[C@H](C2)C3(F)F)cc1F. The van der Waals surface area contributed by atoms with Crippen molar-refractivity contribution in [1.82, 2.24) is 4.72 Å². The third-order valence-electron chi connectivity index (χ3n) is 5.48. The van der Waals surface area contributed by atoms with E-state index >= 15 is 0 Å². The third kappa shape index (κ3) is 3.51. The first-order chi connectivity index (χ1) is 12.6. The van der Waals surface area contributed by atoms with Crippen LogP contribution in [0.25, 0.3) is 0 Å². The van der Waals surface area contributed by atoms with Crippen molar-refractivity contribution >= 4 is 27.5 Å². The normalized spacial score (nSPS) is 28.5. The van der Waals surface area contributed by atoms with E-state index in [4.69, 9.17) is 16.3 Å². The minimum Gasteiger partial charge on any atom is -0.492 e. The molecule has 148 valence electrons. The minimum absolute atomic E-state index is 0.0110. The summed E-state index contributed by atoms with van der Waals surface area (Å²) in [5.74, 6) is -5.86. The maximum Gasteiger partial charge on any atom is 0.267 e. The van der Waals surface area contributed by atoms with Crippen molar-refractivity contribution in [2.75, 3.05) is 6.61 Å². The van der Waals surface area contributed by atoms with Gasteiger partial charge in [0.15, 0.2) is 0 Å². The molecule has 3 saturated carbocycles. The van der Waals surface area contributed by atoms with Crippen LogP contribution in [0.4, 0.5) is 13.2 Å². The number of hydrogen-bond donors (Lipinski definition) is 1. The molecule has 3 atom stereocenters. The summed E-state index contributed by atoms with van der Waals surface area (Å²) in [5.41, 5.74) is -0.502. The van der Waals surface area contributed by atoms with Crippen LogP contribution in [0.5, 0.6) is 5.75 Å². The summed E-state index contributed by atoms with van der Waals surface area (Å²) in [5, 5.41) is -0.675. The molecule has 1 unspecified atom stereocenters. The van der Waals surface area contributed by atoms with Crippen molar-refractivity contribution in [1.29, 1.82) is 0 Å². The van der Waals surface area contributed by atoms with Gasteiger partial charge in [-0.15, -0.1) is 0 Å². The van der Waals surface area contributed by atoms with Crippen LogP contribution >= 0.6 is 11.6 Å². The first-order valence-electron chi connectivity index (χ1n) is 8.65. The monoisotopic (exact) mass is 423 g/mol. The van der Waals surface area contributed by atoms with Crippen molar-refractivity contribution in [3.05, 3.63) is 28.5 Å². The zero-order chi connectivity index (χ0) is 19.6. The van der Waals surface area contributed by atoms with Crippen molar-refractivity contribution in [3.8, 4) is 5.75 Å². The highest BCUT2D eigenvalue weighted by Gasteiger charge is 2.71. The quantitative estimate of drug-likeness (QED) is 0.761. The Morgan fingerprint density at radius 3 is 2.48 bits per heavy atom. The highest BCUT2D eigenvalue weighted by Crippen LogP contribution is 2.65. The van der Waals surface area contributed by atoms with Crippen molar-refractivity contribution in [2.45, 2.75) is 36.9 Å². The van der Waals surface area contributed by atoms with Gasteiger partial charge in [-0.1, -0.05) is 11.6 Å². The Hall–Kier alpha value is -1.48. The number of alkyl halides is 2. The van der Waals surface area contributed by atoms with Crippen molar-refractivity contribution in [2.24, 2.45) is 17.8 Å². The summed E-state index contributed by atoms with van der Waals surface area (Å²) in [4.78, 5) is 12.0. The van der Waals surface area contributed by atoms with E-state index < -0.39 is 50.3 Å². The van der Waals surface area contributed by atoms with Gasteiger partial charge in [-0.05, 0) is 37.7 Å². The van der Waals surface area contributed by atoms with E-state index in [-0.39, 0.29) is 23.3 Å². The summed E-state index contributed by atoms with van der Waals surface area (Å²) in [6, 6.07) is 1.91. The lowest BCUT2D eigenvalue weighted by atomic mass is 10.0. The second kappa shape index (κ2) is 6.27. The van der Waals surface area contributed by atoms with Crippen LogP contribution in [0.3, 0.4) is 0 Å². The fourth-order valence-electron chi connectivity index (χ4n) is 3.72. The molecular formula is C17H17ClF3NO4S. The highest BCUT2D eigenvalue weighted by molar-refractivity contribution is 7.91. The number of carbonyl (C=O) groups is 1. The predicted octanol–water partition coefficient (Wildman–Crippen LogP) is 3.37. The number of amides is 1. The van der Waals surface area contributed by atoms with E-state index in [0.29, 0.717) is 25.7 Å². The number of carbonyl (C=O) groups excluding carboxylic acids is 1. The number of halogens is 4. The molecule has 0 aromatic heterocycles. The summed E-state index contributed by atoms with van der Waals surface area (Å²) in [6.07, 6.45) is 1.65. The number of benzene rings is 1. The van der Waals surface area contributed by atoms with Crippen LogP contribution in [0.15, 0.2) is 12.1 Å². The third-order valence-corrected chi connectivity index (χ3v) is 7.59. The Balaban J connectivity index is 1.39. The fraction of sp³-hybridized carbons (Fsp3) is 0.588. The van der Waals surface area contributed by atoms with Gasteiger partial charge in [0.1, 0.15) is 11.6 Å². The molecule has 0 spiro atoms. The fourth-order valence-corrected chi connectivity index (χ4v) is 5.23. The molecule has 1 N–H and O–H groups in total. The molecule has 1 aromatic carbocycles. The molecule has 3 aliphatic carbocycles. The zero-order valence-corrected chi connectivity index (χ0v) is 15.6. The molecule has 0 radical (unpaired) electrons. The largest absolute Gasteiger partial charge is 0.492 e. The summed E-state index contributed by atoms with van der Waals surface area (Å²) in [7, 11) is -3.81. The molecule has 27 heavy (non-hydrogen) atoms. The van der Waals surface area contributed by atoms with Gasteiger partial charge in [0, 0.05) is 17.9 Å². The van der Waals surface area contributed by atoms with Gasteiger partial charge in [0.25, 0.3) is 11.8 Å². The average Bonchev–Trinajstić information content (AvgIpc) is 3.45. The molecule has 3 fully saturated rings. The molecular weight excluding hydrogens is 407 g/mol. The van der Waals surface area contributed by atoms with Gasteiger partial charge < -0.3 is 4.74 Å². The predicted molar refractivity (Wildman–Crippen MR) is 91.0 cm³/mol. The maximum absolute atomic E-state index is 14.3. The van der Waals surface area contributed by atoms with Gasteiger partial charge >= 0.3 is 0 Å². The molecule has 0 heterocycles. The van der Waals surface area contributed by atoms with E-state index in [1.807, 2.05) is 4.72 Å². The van der Waals surface area contributed by atoms with Crippen LogP contribution in [0.1, 0.15) is 36.0 Å². The Morgan fingerprint density at radius 2 is 1.89 bits per heavy atom. The number of nitrogens with one attached hydrogen (secondary N) is 1. The lowest BCUT2D eigenvalue weighted by Crippen LogP contribution is -2.33. The molecule has 0 bridgehead atoms. The average molecular weight is 424 g/mol. The van der Waals surface area contributed by atoms with Crippen LogP contribution in [-0.2, 0) is 10.0 Å². The van der Waals surface area contributed by atoms with Crippen molar-refractivity contribution < 1.29 is 31.1 Å². The van der Waals surface area contributed by atoms with E-state index in [1.54, 1.807) is 0 Å². The van der Waals surface area contributed by atoms with E-state index in [0.717, 1.165) is 12.1 Å². The number of sulfonamides is 1. The summed E-state index contributed by atoms with van der Waals surface area (Å²) >= 11 is 6.02. The van der Waals surface area contributed by atoms with Crippen molar-refractivity contribution in [3.63, 3.8) is 0 Å². The molecule has 10 heteroatoms. The Kier molecular flexibility index (Phi) is 4.38. The van der Waals surface area contributed by atoms with E-state index in [9.17, 15) is 26.4 Å². The number of rotatable bonds is 6. The van der Waals surface area contributed by atoms with Crippen LogP contribution in [0.2, 0.25) is 5.02 Å². The Morgan fingerprint density at radius 1 is 1.26 bits per heavy atom. The smallest absolute Gasteiger partial charge is 0.267 e. The second-order valence-electron chi connectivity index (χ2n) is 7.47. The topological polar surface area (TPSA) is 72.5 Å². The van der Waals surface area contributed by atoms with Gasteiger partial charge in [-0.25, -0.2) is 26.3 Å². The van der Waals surface area contributed by atoms with Gasteiger partial charge in [0.2, 0.25) is 10.0 Å². The van der Waals surface area contributed by atoms with Gasteiger partial charge in [0.05, 0.1) is 22.4 Å². The van der Waals surface area contributed by atoms with Crippen LogP contribution in [0, 0.1) is 23.6 Å². The second-order valence-corrected chi connectivity index (χ2v) is 9.84. The Bertz CT molecular complexity index is 890. The van der Waals surface area contributed by atoms with E-state index in [2.05, 4.69) is 0 Å². The highest BCUT2D eigenvalue weighted by atomic mass is 35.5. The lowest BCUT2D eigenvalue weighted by Gasteiger charge is -2.16. The van der Waals surface area contributed by atoms with Crippen LogP contribution in [-0.4, -0.2) is 32.1 Å². The molecule has 4 rings (SSSR count). The van der Waals surface area contributed by atoms with Crippen LogP contribution < -0.4 is 9.46 Å². The molecule has 0 aliphatic heterocycles. The minimum atomic E-state index is -3.81. The number of hydrogen-bond acceptors (Lipinski definition) is 4. The molecule has 0 saturated heterocycles. The standard InChI is InChI=1S/C17H17ClF3NO4S/c18-13-5-10(16(23)22-27(24,25)9-1-2-9)14(19)6-15(13)26-7-8-3-11-12(4-8)17(11,20)21/h5-6,8-9,11-12H,1-4,7H2,(H,22,23)/t8?,11-,12+.